The molecule has 0 aliphatic rings. The first-order valence-corrected chi connectivity index (χ1v) is 9.06. The Bertz CT molecular complexity index is 364. The predicted octanol–water partition coefficient (Wildman–Crippen LogP) is 6.00. The molecule has 0 aliphatic heterocycles. The van der Waals surface area contributed by atoms with E-state index in [4.69, 9.17) is 11.6 Å². The van der Waals surface area contributed by atoms with Crippen LogP contribution in [0, 0.1) is 0 Å². The average molecular weight is 310 g/mol. The minimum atomic E-state index is 0.546. The number of unbranched alkanes of at least 4 members (excludes halogenated alkanes) is 7. The molecule has 1 rings (SSSR count). The molecule has 120 valence electrons. The highest BCUT2D eigenvalue weighted by molar-refractivity contribution is 6.31. The maximum atomic E-state index is 6.24. The lowest BCUT2D eigenvalue weighted by atomic mass is 9.99. The van der Waals surface area contributed by atoms with Gasteiger partial charge >= 0.3 is 0 Å². The summed E-state index contributed by atoms with van der Waals surface area (Å²) in [5.74, 6) is 0. The van der Waals surface area contributed by atoms with Crippen molar-refractivity contribution in [2.24, 2.45) is 0 Å². The van der Waals surface area contributed by atoms with Gasteiger partial charge in [0.25, 0.3) is 0 Å². The van der Waals surface area contributed by atoms with E-state index in [1.807, 2.05) is 12.1 Å². The fraction of sp³-hybridized carbons (Fsp3) is 0.684. The molecule has 0 amide bonds. The summed E-state index contributed by atoms with van der Waals surface area (Å²) in [4.78, 5) is 0. The van der Waals surface area contributed by atoms with Crippen LogP contribution >= 0.6 is 11.6 Å². The summed E-state index contributed by atoms with van der Waals surface area (Å²) < 4.78 is 0. The highest BCUT2D eigenvalue weighted by atomic mass is 35.5. The van der Waals surface area contributed by atoms with Crippen LogP contribution in [0.4, 0.5) is 0 Å². The molecule has 1 atom stereocenters. The van der Waals surface area contributed by atoms with Gasteiger partial charge in [0.05, 0.1) is 0 Å². The van der Waals surface area contributed by atoms with E-state index >= 15 is 0 Å². The Morgan fingerprint density at radius 1 is 0.952 bits per heavy atom. The summed E-state index contributed by atoms with van der Waals surface area (Å²) in [6.45, 7) is 2.27. The predicted molar refractivity (Wildman–Crippen MR) is 95.2 cm³/mol. The minimum Gasteiger partial charge on any atom is -0.317 e. The number of likely N-dealkylation sites (N-methyl/N-ethyl adjacent to an activating group) is 1. The second-order valence-electron chi connectivity index (χ2n) is 6.04. The molecule has 0 aliphatic carbocycles. The summed E-state index contributed by atoms with van der Waals surface area (Å²) in [5.41, 5.74) is 1.26. The summed E-state index contributed by atoms with van der Waals surface area (Å²) in [7, 11) is 2.06. The molecule has 1 aromatic rings. The number of hydrogen-bond acceptors (Lipinski definition) is 1. The maximum Gasteiger partial charge on any atom is 0.0438 e. The van der Waals surface area contributed by atoms with Crippen molar-refractivity contribution in [3.05, 3.63) is 34.9 Å². The van der Waals surface area contributed by atoms with E-state index in [9.17, 15) is 0 Å². The Hall–Kier alpha value is -0.530. The normalized spacial score (nSPS) is 12.5. The van der Waals surface area contributed by atoms with Gasteiger partial charge in [0.15, 0.2) is 0 Å². The summed E-state index contributed by atoms with van der Waals surface area (Å²) in [6, 6.07) is 8.74. The lowest BCUT2D eigenvalue weighted by Gasteiger charge is -2.17. The van der Waals surface area contributed by atoms with Crippen LogP contribution < -0.4 is 5.32 Å². The van der Waals surface area contributed by atoms with Gasteiger partial charge in [-0.1, -0.05) is 88.1 Å². The van der Waals surface area contributed by atoms with Gasteiger partial charge in [-0.05, 0) is 31.5 Å². The lowest BCUT2D eigenvalue weighted by molar-refractivity contribution is 0.477. The molecule has 0 spiro atoms. The van der Waals surface area contributed by atoms with E-state index < -0.39 is 0 Å². The molecule has 1 N–H and O–H groups in total. The summed E-state index contributed by atoms with van der Waals surface area (Å²) >= 11 is 6.24. The molecule has 0 saturated carbocycles. The summed E-state index contributed by atoms with van der Waals surface area (Å²) in [6.07, 6.45) is 13.4. The number of benzene rings is 1. The van der Waals surface area contributed by atoms with Crippen LogP contribution in [-0.4, -0.2) is 13.1 Å². The molecule has 0 bridgehead atoms. The zero-order valence-electron chi connectivity index (χ0n) is 13.8. The third-order valence-electron chi connectivity index (χ3n) is 4.24. The number of rotatable bonds is 12. The summed E-state index contributed by atoms with van der Waals surface area (Å²) in [5, 5.41) is 4.33. The Kier molecular flexibility index (Phi) is 10.6. The van der Waals surface area contributed by atoms with Crippen LogP contribution in [0.1, 0.15) is 70.3 Å². The molecular weight excluding hydrogens is 278 g/mol. The van der Waals surface area contributed by atoms with Gasteiger partial charge in [-0.2, -0.15) is 0 Å². The molecule has 2 heteroatoms. The first-order valence-electron chi connectivity index (χ1n) is 8.68. The van der Waals surface area contributed by atoms with E-state index in [-0.39, 0.29) is 0 Å². The number of halogens is 1. The molecule has 0 fully saturated rings. The molecule has 0 saturated heterocycles. The number of nitrogens with one attached hydrogen (secondary N) is 1. The van der Waals surface area contributed by atoms with E-state index in [1.54, 1.807) is 0 Å². The molecule has 1 unspecified atom stereocenters. The van der Waals surface area contributed by atoms with Gasteiger partial charge < -0.3 is 5.32 Å². The van der Waals surface area contributed by atoms with E-state index in [1.165, 1.54) is 63.4 Å². The van der Waals surface area contributed by atoms with Crippen molar-refractivity contribution >= 4 is 11.6 Å². The highest BCUT2D eigenvalue weighted by Crippen LogP contribution is 2.18. The Labute approximate surface area is 136 Å². The fourth-order valence-electron chi connectivity index (χ4n) is 2.80. The van der Waals surface area contributed by atoms with Crippen LogP contribution in [0.5, 0.6) is 0 Å². The van der Waals surface area contributed by atoms with Gasteiger partial charge in [-0.3, -0.25) is 0 Å². The SMILES string of the molecule is CCCCCCCCCCC(Cc1ccccc1Cl)NC. The Morgan fingerprint density at radius 3 is 2.19 bits per heavy atom. The first-order chi connectivity index (χ1) is 10.3. The van der Waals surface area contributed by atoms with Crippen molar-refractivity contribution in [2.75, 3.05) is 7.05 Å². The average Bonchev–Trinajstić information content (AvgIpc) is 2.50. The Morgan fingerprint density at radius 2 is 1.57 bits per heavy atom. The molecule has 1 aromatic carbocycles. The topological polar surface area (TPSA) is 12.0 Å². The largest absolute Gasteiger partial charge is 0.317 e. The van der Waals surface area contributed by atoms with Crippen molar-refractivity contribution in [3.63, 3.8) is 0 Å². The highest BCUT2D eigenvalue weighted by Gasteiger charge is 2.09. The minimum absolute atomic E-state index is 0.546. The van der Waals surface area contributed by atoms with E-state index in [0.29, 0.717) is 6.04 Å². The van der Waals surface area contributed by atoms with Crippen molar-refractivity contribution in [3.8, 4) is 0 Å². The molecule has 0 radical (unpaired) electrons. The molecule has 21 heavy (non-hydrogen) atoms. The van der Waals surface area contributed by atoms with Crippen LogP contribution in [0.3, 0.4) is 0 Å². The Balaban J connectivity index is 2.13. The van der Waals surface area contributed by atoms with Gasteiger partial charge in [0.2, 0.25) is 0 Å². The van der Waals surface area contributed by atoms with E-state index in [0.717, 1.165) is 11.4 Å². The lowest BCUT2D eigenvalue weighted by Crippen LogP contribution is -2.27. The second kappa shape index (κ2) is 12.1. The third kappa shape index (κ3) is 8.48. The van der Waals surface area contributed by atoms with Crippen LogP contribution in [0.15, 0.2) is 24.3 Å². The van der Waals surface area contributed by atoms with Crippen molar-refractivity contribution in [1.29, 1.82) is 0 Å². The van der Waals surface area contributed by atoms with Gasteiger partial charge in [0.1, 0.15) is 0 Å². The smallest absolute Gasteiger partial charge is 0.0438 e. The maximum absolute atomic E-state index is 6.24. The standard InChI is InChI=1S/C19H32ClN/c1-3-4-5-6-7-8-9-10-14-18(21-2)16-17-13-11-12-15-19(17)20/h11-13,15,18,21H,3-10,14,16H2,1-2H3. The molecule has 0 aromatic heterocycles. The van der Waals surface area contributed by atoms with Gasteiger partial charge in [-0.15, -0.1) is 0 Å². The van der Waals surface area contributed by atoms with Gasteiger partial charge in [0, 0.05) is 11.1 Å². The zero-order valence-corrected chi connectivity index (χ0v) is 14.6. The van der Waals surface area contributed by atoms with Crippen molar-refractivity contribution < 1.29 is 0 Å². The fourth-order valence-corrected chi connectivity index (χ4v) is 3.02. The third-order valence-corrected chi connectivity index (χ3v) is 4.61. The molecule has 0 heterocycles. The monoisotopic (exact) mass is 309 g/mol. The second-order valence-corrected chi connectivity index (χ2v) is 6.45. The molecular formula is C19H32ClN. The van der Waals surface area contributed by atoms with Crippen molar-refractivity contribution in [1.82, 2.24) is 5.32 Å². The van der Waals surface area contributed by atoms with Crippen LogP contribution in [0.2, 0.25) is 5.02 Å². The van der Waals surface area contributed by atoms with Crippen LogP contribution in [0.25, 0.3) is 0 Å². The van der Waals surface area contributed by atoms with Crippen molar-refractivity contribution in [2.45, 2.75) is 77.2 Å². The number of hydrogen-bond donors (Lipinski definition) is 1. The molecule has 1 nitrogen and oxygen atoms in total. The van der Waals surface area contributed by atoms with E-state index in [2.05, 4.69) is 31.4 Å². The first kappa shape index (κ1) is 18.5. The zero-order chi connectivity index (χ0) is 15.3. The van der Waals surface area contributed by atoms with Gasteiger partial charge in [-0.25, -0.2) is 0 Å². The quantitative estimate of drug-likeness (QED) is 0.467. The van der Waals surface area contributed by atoms with Crippen LogP contribution in [-0.2, 0) is 6.42 Å².